The van der Waals surface area contributed by atoms with E-state index in [1.165, 1.54) is 116 Å². The van der Waals surface area contributed by atoms with Crippen molar-refractivity contribution in [3.05, 3.63) is 60.8 Å². The van der Waals surface area contributed by atoms with E-state index >= 15 is 0 Å². The Morgan fingerprint density at radius 2 is 0.656 bits per heavy atom. The molecule has 1 unspecified atom stereocenters. The molecule has 0 aromatic rings. The normalized spacial score (nSPS) is 12.5. The summed E-state index contributed by atoms with van der Waals surface area (Å²) in [5, 5.41) is 0. The van der Waals surface area contributed by atoms with E-state index in [0.717, 1.165) is 89.9 Å². The highest BCUT2D eigenvalue weighted by atomic mass is 16.6. The van der Waals surface area contributed by atoms with Gasteiger partial charge in [0.25, 0.3) is 0 Å². The molecular weight excluding hydrogens is 757 g/mol. The van der Waals surface area contributed by atoms with Crippen molar-refractivity contribution >= 4 is 17.9 Å². The fourth-order valence-corrected chi connectivity index (χ4v) is 7.14. The van der Waals surface area contributed by atoms with E-state index in [9.17, 15) is 14.4 Å². The van der Waals surface area contributed by atoms with Crippen LogP contribution in [0.15, 0.2) is 60.8 Å². The lowest BCUT2D eigenvalue weighted by atomic mass is 10.0. The van der Waals surface area contributed by atoms with Crippen molar-refractivity contribution in [1.82, 2.24) is 0 Å². The second-order valence-corrected chi connectivity index (χ2v) is 17.1. The van der Waals surface area contributed by atoms with Gasteiger partial charge in [0.2, 0.25) is 0 Å². The zero-order valence-corrected chi connectivity index (χ0v) is 40.2. The Kier molecular flexibility index (Phi) is 47.4. The standard InChI is InChI=1S/C55H96O6/c1-4-7-10-13-16-19-22-25-27-28-29-31-33-36-39-42-45-48-54(57)60-51-52(50-59-53(56)47-44-41-38-35-32-24-21-18-15-12-9-6-3)61-55(58)49-46-43-40-37-34-30-26-23-20-17-14-11-8-5-2/h9,12,18,21,25,27,29,31,36,39,52H,4-8,10-11,13-17,19-20,22-24,26,28,30,32-35,37-38,40-51H2,1-3H3/b12-9-,21-18-,27-25-,31-29-,39-36-. The number of unbranched alkanes of at least 4 members (excludes halogenated alkanes) is 25. The van der Waals surface area contributed by atoms with Crippen molar-refractivity contribution in [3.8, 4) is 0 Å². The van der Waals surface area contributed by atoms with Gasteiger partial charge in [-0.1, -0.05) is 216 Å². The fourth-order valence-electron chi connectivity index (χ4n) is 7.14. The Morgan fingerprint density at radius 1 is 0.344 bits per heavy atom. The number of carbonyl (C=O) groups excluding carboxylic acids is 3. The lowest BCUT2D eigenvalue weighted by Gasteiger charge is -2.18. The molecule has 6 nitrogen and oxygen atoms in total. The summed E-state index contributed by atoms with van der Waals surface area (Å²) in [4.78, 5) is 37.9. The SMILES string of the molecule is CC/C=C\C/C=C\CCCCCCCC(=O)OCC(COC(=O)CCC/C=C\C/C=C\C/C=C\CCCCCCCC)OC(=O)CCCCCCCCCCCCCCCC. The van der Waals surface area contributed by atoms with Crippen LogP contribution < -0.4 is 0 Å². The molecule has 6 heteroatoms. The maximum absolute atomic E-state index is 12.8. The van der Waals surface area contributed by atoms with Crippen LogP contribution in [0.4, 0.5) is 0 Å². The summed E-state index contributed by atoms with van der Waals surface area (Å²) < 4.78 is 16.7. The lowest BCUT2D eigenvalue weighted by molar-refractivity contribution is -0.167. The zero-order valence-electron chi connectivity index (χ0n) is 40.2. The van der Waals surface area contributed by atoms with Gasteiger partial charge in [-0.15, -0.1) is 0 Å². The van der Waals surface area contributed by atoms with Crippen LogP contribution in [0.1, 0.15) is 252 Å². The van der Waals surface area contributed by atoms with Gasteiger partial charge < -0.3 is 14.2 Å². The smallest absolute Gasteiger partial charge is 0.306 e. The number of ether oxygens (including phenoxy) is 3. The van der Waals surface area contributed by atoms with Crippen molar-refractivity contribution in [2.75, 3.05) is 13.2 Å². The summed E-state index contributed by atoms with van der Waals surface area (Å²) in [7, 11) is 0. The van der Waals surface area contributed by atoms with E-state index in [1.54, 1.807) is 0 Å². The first kappa shape index (κ1) is 58.1. The van der Waals surface area contributed by atoms with E-state index in [-0.39, 0.29) is 37.5 Å². The van der Waals surface area contributed by atoms with E-state index in [2.05, 4.69) is 81.5 Å². The first-order chi connectivity index (χ1) is 30.0. The molecule has 0 heterocycles. The average molecular weight is 853 g/mol. The highest BCUT2D eigenvalue weighted by molar-refractivity contribution is 5.71. The van der Waals surface area contributed by atoms with Crippen molar-refractivity contribution in [3.63, 3.8) is 0 Å². The predicted octanol–water partition coefficient (Wildman–Crippen LogP) is 16.9. The van der Waals surface area contributed by atoms with Crippen molar-refractivity contribution in [2.45, 2.75) is 258 Å². The van der Waals surface area contributed by atoms with Crippen molar-refractivity contribution in [1.29, 1.82) is 0 Å². The topological polar surface area (TPSA) is 78.9 Å². The molecule has 61 heavy (non-hydrogen) atoms. The van der Waals surface area contributed by atoms with Gasteiger partial charge in [0.05, 0.1) is 0 Å². The Balaban J connectivity index is 4.45. The van der Waals surface area contributed by atoms with Crippen LogP contribution in [0.25, 0.3) is 0 Å². The summed E-state index contributed by atoms with van der Waals surface area (Å²) in [6.45, 7) is 6.47. The van der Waals surface area contributed by atoms with Gasteiger partial charge in [0.15, 0.2) is 6.10 Å². The molecule has 0 saturated heterocycles. The first-order valence-corrected chi connectivity index (χ1v) is 25.8. The average Bonchev–Trinajstić information content (AvgIpc) is 3.26. The molecule has 0 saturated carbocycles. The number of rotatable bonds is 46. The summed E-state index contributed by atoms with van der Waals surface area (Å²) in [5.74, 6) is -0.958. The molecule has 0 rings (SSSR count). The molecular formula is C55H96O6. The quantitative estimate of drug-likeness (QED) is 0.0263. The summed E-state index contributed by atoms with van der Waals surface area (Å²) >= 11 is 0. The number of hydrogen-bond donors (Lipinski definition) is 0. The molecule has 0 aliphatic carbocycles. The van der Waals surface area contributed by atoms with Crippen LogP contribution in [0, 0.1) is 0 Å². The van der Waals surface area contributed by atoms with E-state index in [0.29, 0.717) is 19.3 Å². The van der Waals surface area contributed by atoms with Gasteiger partial charge in [-0.3, -0.25) is 14.4 Å². The third kappa shape index (κ3) is 48.0. The largest absolute Gasteiger partial charge is 0.462 e. The maximum atomic E-state index is 12.8. The molecule has 0 aliphatic heterocycles. The van der Waals surface area contributed by atoms with Crippen LogP contribution >= 0.6 is 0 Å². The number of hydrogen-bond acceptors (Lipinski definition) is 6. The Labute approximate surface area is 377 Å². The third-order valence-electron chi connectivity index (χ3n) is 11.0. The highest BCUT2D eigenvalue weighted by Gasteiger charge is 2.19. The number of carbonyl (C=O) groups is 3. The minimum Gasteiger partial charge on any atom is -0.462 e. The van der Waals surface area contributed by atoms with Crippen LogP contribution in [0.3, 0.4) is 0 Å². The minimum atomic E-state index is -0.797. The molecule has 0 aliphatic rings. The monoisotopic (exact) mass is 853 g/mol. The molecule has 0 aromatic carbocycles. The molecule has 0 N–H and O–H groups in total. The lowest BCUT2D eigenvalue weighted by Crippen LogP contribution is -2.30. The van der Waals surface area contributed by atoms with Gasteiger partial charge >= 0.3 is 17.9 Å². The van der Waals surface area contributed by atoms with E-state index in [1.807, 2.05) is 0 Å². The third-order valence-corrected chi connectivity index (χ3v) is 11.0. The van der Waals surface area contributed by atoms with E-state index < -0.39 is 6.10 Å². The summed E-state index contributed by atoms with van der Waals surface area (Å²) in [5.41, 5.74) is 0. The second kappa shape index (κ2) is 49.8. The molecule has 352 valence electrons. The molecule has 0 aromatic heterocycles. The predicted molar refractivity (Wildman–Crippen MR) is 261 cm³/mol. The highest BCUT2D eigenvalue weighted by Crippen LogP contribution is 2.15. The number of esters is 3. The van der Waals surface area contributed by atoms with Crippen LogP contribution in [-0.2, 0) is 28.6 Å². The van der Waals surface area contributed by atoms with Crippen LogP contribution in [-0.4, -0.2) is 37.2 Å². The van der Waals surface area contributed by atoms with Crippen molar-refractivity contribution < 1.29 is 28.6 Å². The number of allylic oxidation sites excluding steroid dienone is 10. The van der Waals surface area contributed by atoms with Crippen LogP contribution in [0.2, 0.25) is 0 Å². The fraction of sp³-hybridized carbons (Fsp3) is 0.764. The zero-order chi connectivity index (χ0) is 44.4. The Bertz CT molecular complexity index is 1120. The second-order valence-electron chi connectivity index (χ2n) is 17.1. The van der Waals surface area contributed by atoms with Crippen molar-refractivity contribution in [2.24, 2.45) is 0 Å². The molecule has 0 bridgehead atoms. The molecule has 0 spiro atoms. The Hall–Kier alpha value is -2.89. The van der Waals surface area contributed by atoms with Gasteiger partial charge in [0, 0.05) is 19.3 Å². The van der Waals surface area contributed by atoms with Crippen LogP contribution in [0.5, 0.6) is 0 Å². The first-order valence-electron chi connectivity index (χ1n) is 25.8. The Morgan fingerprint density at radius 3 is 1.07 bits per heavy atom. The maximum Gasteiger partial charge on any atom is 0.306 e. The summed E-state index contributed by atoms with van der Waals surface area (Å²) in [6.07, 6.45) is 60.7. The van der Waals surface area contributed by atoms with Gasteiger partial charge in [-0.2, -0.15) is 0 Å². The molecule has 0 amide bonds. The van der Waals surface area contributed by atoms with Gasteiger partial charge in [-0.25, -0.2) is 0 Å². The van der Waals surface area contributed by atoms with Gasteiger partial charge in [0.1, 0.15) is 13.2 Å². The molecule has 1 atom stereocenters. The molecule has 0 fully saturated rings. The van der Waals surface area contributed by atoms with Gasteiger partial charge in [-0.05, 0) is 77.0 Å². The minimum absolute atomic E-state index is 0.0957. The summed E-state index contributed by atoms with van der Waals surface area (Å²) in [6, 6.07) is 0. The molecule has 0 radical (unpaired) electrons. The van der Waals surface area contributed by atoms with E-state index in [4.69, 9.17) is 14.2 Å².